The number of allylic oxidation sites excluding steroid dienone is 4. The highest BCUT2D eigenvalue weighted by molar-refractivity contribution is 6.13. The van der Waals surface area contributed by atoms with Crippen molar-refractivity contribution in [1.29, 1.82) is 0 Å². The van der Waals surface area contributed by atoms with E-state index < -0.39 is 5.41 Å². The first kappa shape index (κ1) is 30.4. The van der Waals surface area contributed by atoms with E-state index in [9.17, 15) is 0 Å². The van der Waals surface area contributed by atoms with Crippen molar-refractivity contribution in [2.75, 3.05) is 4.90 Å². The number of furan rings is 1. The van der Waals surface area contributed by atoms with E-state index >= 15 is 0 Å². The molecular weight excluding hydrogens is 631 g/mol. The maximum Gasteiger partial charge on any atom is 0.159 e. The maximum atomic E-state index is 7.13. The normalized spacial score (nSPS) is 15.7. The van der Waals surface area contributed by atoms with Gasteiger partial charge in [-0.3, -0.25) is 0 Å². The Balaban J connectivity index is 1.33. The van der Waals surface area contributed by atoms with Crippen molar-refractivity contribution in [3.05, 3.63) is 227 Å². The molecule has 0 N–H and O–H groups in total. The molecule has 1 aromatic heterocycles. The van der Waals surface area contributed by atoms with Crippen LogP contribution in [0.2, 0.25) is 0 Å². The van der Waals surface area contributed by atoms with Crippen molar-refractivity contribution in [3.63, 3.8) is 0 Å². The Morgan fingerprint density at radius 3 is 1.96 bits per heavy atom. The Morgan fingerprint density at radius 2 is 1.21 bits per heavy atom. The zero-order valence-corrected chi connectivity index (χ0v) is 29.0. The van der Waals surface area contributed by atoms with E-state index in [0.717, 1.165) is 39.7 Å². The molecule has 0 bridgehead atoms. The van der Waals surface area contributed by atoms with Gasteiger partial charge in [-0.05, 0) is 82.1 Å². The van der Waals surface area contributed by atoms with Crippen LogP contribution in [0.3, 0.4) is 0 Å². The third kappa shape index (κ3) is 4.44. The summed E-state index contributed by atoms with van der Waals surface area (Å²) < 4.78 is 7.13. The predicted molar refractivity (Wildman–Crippen MR) is 215 cm³/mol. The summed E-state index contributed by atoms with van der Waals surface area (Å²) >= 11 is 0. The molecule has 1 heterocycles. The molecule has 0 aliphatic heterocycles. The molecule has 0 amide bonds. The lowest BCUT2D eigenvalue weighted by atomic mass is 9.66. The standard InChI is InChI=1S/C50H37NO/c1-34-18-8-15-29-44(34)51(45-30-16-11-23-37(45)35-19-4-2-5-20-35)46-33-32-43(48-40-26-12-17-31-47(40)52-49(46)48)50(36-21-6-3-7-22-36)41-27-13-9-24-38(41)39-25-10-14-28-42(39)50/h2-22,24-33,37H,23H2,1H3. The molecule has 0 saturated heterocycles. The lowest BCUT2D eigenvalue weighted by molar-refractivity contribution is 0.666. The van der Waals surface area contributed by atoms with Gasteiger partial charge in [0.25, 0.3) is 0 Å². The van der Waals surface area contributed by atoms with Gasteiger partial charge in [-0.15, -0.1) is 0 Å². The predicted octanol–water partition coefficient (Wildman–Crippen LogP) is 13.0. The molecule has 7 aromatic carbocycles. The van der Waals surface area contributed by atoms with E-state index in [1.165, 1.54) is 50.2 Å². The highest BCUT2D eigenvalue weighted by Gasteiger charge is 2.47. The summed E-state index contributed by atoms with van der Waals surface area (Å²) in [6, 6.07) is 61.9. The first-order valence-electron chi connectivity index (χ1n) is 18.2. The second-order valence-corrected chi connectivity index (χ2v) is 14.0. The minimum absolute atomic E-state index is 0.175. The van der Waals surface area contributed by atoms with E-state index in [2.05, 4.69) is 200 Å². The van der Waals surface area contributed by atoms with Gasteiger partial charge in [0.15, 0.2) is 5.58 Å². The quantitative estimate of drug-likeness (QED) is 0.175. The lowest BCUT2D eigenvalue weighted by Gasteiger charge is -2.37. The van der Waals surface area contributed by atoms with E-state index in [1.54, 1.807) is 0 Å². The van der Waals surface area contributed by atoms with Crippen LogP contribution in [0.1, 0.15) is 45.7 Å². The molecule has 0 fully saturated rings. The van der Waals surface area contributed by atoms with Crippen LogP contribution in [-0.2, 0) is 5.41 Å². The number of nitrogens with zero attached hydrogens (tertiary/aromatic N) is 1. The van der Waals surface area contributed by atoms with E-state index in [1.807, 2.05) is 0 Å². The number of para-hydroxylation sites is 2. The minimum Gasteiger partial charge on any atom is -0.454 e. The number of hydrogen-bond acceptors (Lipinski definition) is 2. The monoisotopic (exact) mass is 667 g/mol. The Kier molecular flexibility index (Phi) is 7.11. The van der Waals surface area contributed by atoms with Gasteiger partial charge in [-0.1, -0.05) is 164 Å². The zero-order chi connectivity index (χ0) is 34.6. The lowest BCUT2D eigenvalue weighted by Crippen LogP contribution is -2.29. The summed E-state index contributed by atoms with van der Waals surface area (Å²) in [6.45, 7) is 2.21. The van der Waals surface area contributed by atoms with Gasteiger partial charge in [0.2, 0.25) is 0 Å². The van der Waals surface area contributed by atoms with Crippen LogP contribution in [0.5, 0.6) is 0 Å². The molecule has 8 aromatic rings. The molecule has 2 aliphatic rings. The number of anilines is 2. The molecule has 1 atom stereocenters. The molecule has 0 radical (unpaired) electrons. The highest BCUT2D eigenvalue weighted by atomic mass is 16.3. The van der Waals surface area contributed by atoms with Crippen LogP contribution in [0.25, 0.3) is 33.1 Å². The van der Waals surface area contributed by atoms with E-state index in [4.69, 9.17) is 4.42 Å². The molecule has 248 valence electrons. The van der Waals surface area contributed by atoms with Crippen LogP contribution >= 0.6 is 0 Å². The summed E-state index contributed by atoms with van der Waals surface area (Å²) in [5, 5.41) is 2.26. The summed E-state index contributed by atoms with van der Waals surface area (Å²) in [5.74, 6) is 0.175. The average Bonchev–Trinajstić information content (AvgIpc) is 3.75. The largest absolute Gasteiger partial charge is 0.454 e. The van der Waals surface area contributed by atoms with Crippen LogP contribution in [-0.4, -0.2) is 0 Å². The number of aryl methyl sites for hydroxylation is 1. The van der Waals surface area contributed by atoms with Crippen molar-refractivity contribution in [2.45, 2.75) is 24.7 Å². The van der Waals surface area contributed by atoms with Gasteiger partial charge >= 0.3 is 0 Å². The maximum absolute atomic E-state index is 7.13. The third-order valence-corrected chi connectivity index (χ3v) is 11.3. The Labute approximate surface area is 304 Å². The Bertz CT molecular complexity index is 2630. The molecule has 2 heteroatoms. The molecule has 10 rings (SSSR count). The van der Waals surface area contributed by atoms with Gasteiger partial charge < -0.3 is 9.32 Å². The van der Waals surface area contributed by atoms with Gasteiger partial charge in [-0.2, -0.15) is 0 Å². The van der Waals surface area contributed by atoms with Gasteiger partial charge in [-0.25, -0.2) is 0 Å². The third-order valence-electron chi connectivity index (χ3n) is 11.3. The summed E-state index contributed by atoms with van der Waals surface area (Å²) in [6.07, 6.45) is 7.71. The summed E-state index contributed by atoms with van der Waals surface area (Å²) in [4.78, 5) is 2.47. The Morgan fingerprint density at radius 1 is 0.577 bits per heavy atom. The van der Waals surface area contributed by atoms with Crippen LogP contribution < -0.4 is 4.90 Å². The van der Waals surface area contributed by atoms with E-state index in [0.29, 0.717) is 0 Å². The Hall–Kier alpha value is -6.38. The minimum atomic E-state index is -0.565. The second-order valence-electron chi connectivity index (χ2n) is 14.0. The first-order valence-corrected chi connectivity index (χ1v) is 18.2. The molecular formula is C50H37NO. The van der Waals surface area contributed by atoms with Crippen molar-refractivity contribution in [2.24, 2.45) is 0 Å². The average molecular weight is 668 g/mol. The number of benzene rings is 7. The van der Waals surface area contributed by atoms with Crippen molar-refractivity contribution >= 4 is 33.3 Å². The van der Waals surface area contributed by atoms with Crippen LogP contribution in [0, 0.1) is 6.92 Å². The number of fused-ring (bicyclic) bond motifs is 6. The fourth-order valence-corrected chi connectivity index (χ4v) is 9.05. The van der Waals surface area contributed by atoms with Gasteiger partial charge in [0, 0.05) is 28.1 Å². The highest BCUT2D eigenvalue weighted by Crippen LogP contribution is 2.59. The molecule has 1 unspecified atom stereocenters. The van der Waals surface area contributed by atoms with Crippen LogP contribution in [0.4, 0.5) is 11.4 Å². The van der Waals surface area contributed by atoms with Crippen molar-refractivity contribution in [3.8, 4) is 11.1 Å². The zero-order valence-electron chi connectivity index (χ0n) is 29.0. The fourth-order valence-electron chi connectivity index (χ4n) is 9.05. The SMILES string of the molecule is Cc1ccccc1N(C1=CC=CCC1c1ccccc1)c1ccc(C2(c3ccccc3)c3ccccc3-c3ccccc32)c2c1oc1ccccc12. The molecule has 0 spiro atoms. The summed E-state index contributed by atoms with van der Waals surface area (Å²) in [5.41, 5.74) is 14.7. The molecule has 0 saturated carbocycles. The van der Waals surface area contributed by atoms with Crippen molar-refractivity contribution < 1.29 is 4.42 Å². The smallest absolute Gasteiger partial charge is 0.159 e. The van der Waals surface area contributed by atoms with Gasteiger partial charge in [0.1, 0.15) is 5.58 Å². The summed E-state index contributed by atoms with van der Waals surface area (Å²) in [7, 11) is 0. The molecule has 2 aliphatic carbocycles. The van der Waals surface area contributed by atoms with E-state index in [-0.39, 0.29) is 5.92 Å². The number of hydrogen-bond donors (Lipinski definition) is 0. The number of rotatable bonds is 6. The second kappa shape index (κ2) is 12.1. The first-order chi connectivity index (χ1) is 25.7. The topological polar surface area (TPSA) is 16.4 Å². The van der Waals surface area contributed by atoms with Crippen molar-refractivity contribution in [1.82, 2.24) is 0 Å². The molecule has 52 heavy (non-hydrogen) atoms. The van der Waals surface area contributed by atoms with Crippen LogP contribution in [0.15, 0.2) is 198 Å². The van der Waals surface area contributed by atoms with Gasteiger partial charge in [0.05, 0.1) is 11.1 Å². The molecule has 2 nitrogen and oxygen atoms in total. The fraction of sp³-hybridized carbons (Fsp3) is 0.0800.